The number of halogens is 2. The fourth-order valence-corrected chi connectivity index (χ4v) is 1.94. The van der Waals surface area contributed by atoms with Crippen molar-refractivity contribution in [3.63, 3.8) is 0 Å². The zero-order valence-corrected chi connectivity index (χ0v) is 10.8. The molecule has 1 unspecified atom stereocenters. The van der Waals surface area contributed by atoms with Crippen molar-refractivity contribution in [2.45, 2.75) is 24.3 Å². The summed E-state index contributed by atoms with van der Waals surface area (Å²) in [5, 5.41) is 11.6. The van der Waals surface area contributed by atoms with Crippen molar-refractivity contribution in [3.05, 3.63) is 29.8 Å². The number of amides is 1. The first-order valence-electron chi connectivity index (χ1n) is 5.51. The van der Waals surface area contributed by atoms with Gasteiger partial charge >= 0.3 is 0 Å². The number of benzene rings is 1. The van der Waals surface area contributed by atoms with E-state index >= 15 is 0 Å². The lowest BCUT2D eigenvalue weighted by atomic mass is 10.3. The second-order valence-corrected chi connectivity index (χ2v) is 4.90. The highest BCUT2D eigenvalue weighted by Crippen LogP contribution is 2.19. The number of carbonyl (C=O) groups is 1. The average molecular weight is 275 g/mol. The molecular formula is C12H15F2NO2S. The SMILES string of the molecule is CC(O)CCNC(=O)CSc1ccc(F)c(F)c1. The van der Waals surface area contributed by atoms with Gasteiger partial charge in [-0.1, -0.05) is 0 Å². The Balaban J connectivity index is 2.31. The standard InChI is InChI=1S/C12H15F2NO2S/c1-8(16)4-5-15-12(17)7-18-9-2-3-10(13)11(14)6-9/h2-3,6,8,16H,4-5,7H2,1H3,(H,15,17). The highest BCUT2D eigenvalue weighted by Gasteiger charge is 2.06. The first-order chi connectivity index (χ1) is 8.49. The molecule has 0 aromatic heterocycles. The first-order valence-corrected chi connectivity index (χ1v) is 6.50. The normalized spacial score (nSPS) is 12.2. The van der Waals surface area contributed by atoms with Crippen LogP contribution in [0.1, 0.15) is 13.3 Å². The number of hydrogen-bond donors (Lipinski definition) is 2. The van der Waals surface area contributed by atoms with Gasteiger partial charge in [-0.2, -0.15) is 0 Å². The number of thioether (sulfide) groups is 1. The van der Waals surface area contributed by atoms with Crippen LogP contribution in [-0.4, -0.2) is 29.4 Å². The average Bonchev–Trinajstić information content (AvgIpc) is 2.30. The van der Waals surface area contributed by atoms with Crippen molar-refractivity contribution in [2.24, 2.45) is 0 Å². The van der Waals surface area contributed by atoms with Crippen molar-refractivity contribution >= 4 is 17.7 Å². The largest absolute Gasteiger partial charge is 0.393 e. The van der Waals surface area contributed by atoms with E-state index in [1.165, 1.54) is 6.07 Å². The molecule has 2 N–H and O–H groups in total. The lowest BCUT2D eigenvalue weighted by molar-refractivity contribution is -0.118. The predicted octanol–water partition coefficient (Wildman–Crippen LogP) is 1.94. The molecule has 0 saturated carbocycles. The van der Waals surface area contributed by atoms with Gasteiger partial charge in [0, 0.05) is 11.4 Å². The zero-order valence-electron chi connectivity index (χ0n) is 9.95. The molecule has 3 nitrogen and oxygen atoms in total. The van der Waals surface area contributed by atoms with E-state index in [1.54, 1.807) is 6.92 Å². The molecule has 0 saturated heterocycles. The third-order valence-electron chi connectivity index (χ3n) is 2.15. The van der Waals surface area contributed by atoms with Crippen LogP contribution < -0.4 is 5.32 Å². The van der Waals surface area contributed by atoms with Crippen molar-refractivity contribution < 1.29 is 18.7 Å². The smallest absolute Gasteiger partial charge is 0.230 e. The molecule has 1 atom stereocenters. The fourth-order valence-electron chi connectivity index (χ4n) is 1.19. The molecule has 0 aliphatic carbocycles. The number of aliphatic hydroxyl groups is 1. The van der Waals surface area contributed by atoms with Crippen LogP contribution in [0.25, 0.3) is 0 Å². The summed E-state index contributed by atoms with van der Waals surface area (Å²) in [5.41, 5.74) is 0. The van der Waals surface area contributed by atoms with Gasteiger partial charge in [0.2, 0.25) is 5.91 Å². The van der Waals surface area contributed by atoms with Gasteiger partial charge in [-0.3, -0.25) is 4.79 Å². The summed E-state index contributed by atoms with van der Waals surface area (Å²) in [6, 6.07) is 3.51. The van der Waals surface area contributed by atoms with Crippen LogP contribution in [0.3, 0.4) is 0 Å². The molecule has 1 amide bonds. The molecule has 18 heavy (non-hydrogen) atoms. The summed E-state index contributed by atoms with van der Waals surface area (Å²) >= 11 is 1.13. The zero-order chi connectivity index (χ0) is 13.5. The van der Waals surface area contributed by atoms with Crippen LogP contribution in [-0.2, 0) is 4.79 Å². The molecule has 1 aromatic rings. The number of rotatable bonds is 6. The fraction of sp³-hybridized carbons (Fsp3) is 0.417. The van der Waals surface area contributed by atoms with Crippen molar-refractivity contribution in [2.75, 3.05) is 12.3 Å². The Bertz CT molecular complexity index is 413. The molecule has 0 aliphatic rings. The van der Waals surface area contributed by atoms with E-state index in [0.717, 1.165) is 23.9 Å². The van der Waals surface area contributed by atoms with E-state index in [2.05, 4.69) is 5.32 Å². The van der Waals surface area contributed by atoms with Crippen LogP contribution in [0.5, 0.6) is 0 Å². The molecule has 6 heteroatoms. The van der Waals surface area contributed by atoms with Crippen LogP contribution in [0.4, 0.5) is 8.78 Å². The van der Waals surface area contributed by atoms with E-state index in [0.29, 0.717) is 17.9 Å². The van der Waals surface area contributed by atoms with Gasteiger partial charge in [-0.15, -0.1) is 11.8 Å². The summed E-state index contributed by atoms with van der Waals surface area (Å²) in [6.45, 7) is 2.04. The first kappa shape index (κ1) is 14.9. The molecule has 0 bridgehead atoms. The Morgan fingerprint density at radius 1 is 1.44 bits per heavy atom. The Morgan fingerprint density at radius 2 is 2.17 bits per heavy atom. The molecule has 0 aliphatic heterocycles. The number of aliphatic hydroxyl groups excluding tert-OH is 1. The topological polar surface area (TPSA) is 49.3 Å². The monoisotopic (exact) mass is 275 g/mol. The van der Waals surface area contributed by atoms with Crippen molar-refractivity contribution in [1.29, 1.82) is 0 Å². The van der Waals surface area contributed by atoms with E-state index in [4.69, 9.17) is 5.11 Å². The van der Waals surface area contributed by atoms with E-state index in [9.17, 15) is 13.6 Å². The van der Waals surface area contributed by atoms with Gasteiger partial charge in [-0.25, -0.2) is 8.78 Å². The van der Waals surface area contributed by atoms with E-state index in [1.807, 2.05) is 0 Å². The molecule has 0 radical (unpaired) electrons. The Kier molecular flexibility index (Phi) is 6.07. The molecule has 0 spiro atoms. The molecule has 0 fully saturated rings. The van der Waals surface area contributed by atoms with Crippen LogP contribution >= 0.6 is 11.8 Å². The minimum absolute atomic E-state index is 0.130. The summed E-state index contributed by atoms with van der Waals surface area (Å²) in [5.74, 6) is -1.90. The number of carbonyl (C=O) groups excluding carboxylic acids is 1. The van der Waals surface area contributed by atoms with Crippen LogP contribution in [0.15, 0.2) is 23.1 Å². The second kappa shape index (κ2) is 7.33. The maximum absolute atomic E-state index is 12.9. The van der Waals surface area contributed by atoms with Crippen molar-refractivity contribution in [3.8, 4) is 0 Å². The summed E-state index contributed by atoms with van der Waals surface area (Å²) in [4.78, 5) is 11.9. The van der Waals surface area contributed by atoms with E-state index < -0.39 is 17.7 Å². The Labute approximate surface area is 109 Å². The van der Waals surface area contributed by atoms with Gasteiger partial charge in [0.1, 0.15) is 0 Å². The maximum Gasteiger partial charge on any atom is 0.230 e. The molecular weight excluding hydrogens is 260 g/mol. The van der Waals surface area contributed by atoms with Gasteiger partial charge in [-0.05, 0) is 31.5 Å². The molecule has 1 aromatic carbocycles. The minimum atomic E-state index is -0.922. The third kappa shape index (κ3) is 5.46. The lowest BCUT2D eigenvalue weighted by Gasteiger charge is -2.06. The quantitative estimate of drug-likeness (QED) is 0.780. The van der Waals surface area contributed by atoms with E-state index in [-0.39, 0.29) is 11.7 Å². The molecule has 0 heterocycles. The summed E-state index contributed by atoms with van der Waals surface area (Å²) in [7, 11) is 0. The number of hydrogen-bond acceptors (Lipinski definition) is 3. The molecule has 100 valence electrons. The third-order valence-corrected chi connectivity index (χ3v) is 3.14. The predicted molar refractivity (Wildman–Crippen MR) is 66.4 cm³/mol. The maximum atomic E-state index is 12.9. The van der Waals surface area contributed by atoms with Gasteiger partial charge in [0.05, 0.1) is 11.9 Å². The lowest BCUT2D eigenvalue weighted by Crippen LogP contribution is -2.27. The van der Waals surface area contributed by atoms with Gasteiger partial charge in [0.15, 0.2) is 11.6 Å². The minimum Gasteiger partial charge on any atom is -0.393 e. The highest BCUT2D eigenvalue weighted by molar-refractivity contribution is 8.00. The van der Waals surface area contributed by atoms with Gasteiger partial charge in [0.25, 0.3) is 0 Å². The second-order valence-electron chi connectivity index (χ2n) is 3.85. The summed E-state index contributed by atoms with van der Waals surface area (Å²) in [6.07, 6.45) is 0.0332. The molecule has 1 rings (SSSR count). The van der Waals surface area contributed by atoms with Crippen LogP contribution in [0.2, 0.25) is 0 Å². The Morgan fingerprint density at radius 3 is 2.78 bits per heavy atom. The number of nitrogens with one attached hydrogen (secondary N) is 1. The van der Waals surface area contributed by atoms with Gasteiger partial charge < -0.3 is 10.4 Å². The Hall–Kier alpha value is -1.14. The van der Waals surface area contributed by atoms with Crippen molar-refractivity contribution in [1.82, 2.24) is 5.32 Å². The summed E-state index contributed by atoms with van der Waals surface area (Å²) < 4.78 is 25.5. The highest BCUT2D eigenvalue weighted by atomic mass is 32.2. The van der Waals surface area contributed by atoms with Crippen LogP contribution in [0, 0.1) is 11.6 Å².